The highest BCUT2D eigenvalue weighted by atomic mass is 16.5. The van der Waals surface area contributed by atoms with Crippen LogP contribution in [0.3, 0.4) is 0 Å². The van der Waals surface area contributed by atoms with Gasteiger partial charge in [-0.1, -0.05) is 23.8 Å². The zero-order chi connectivity index (χ0) is 16.2. The molecular formula is C19H19N3O. The average molecular weight is 305 g/mol. The Bertz CT molecular complexity index is 872. The summed E-state index contributed by atoms with van der Waals surface area (Å²) >= 11 is 0. The van der Waals surface area contributed by atoms with Crippen molar-refractivity contribution in [1.82, 2.24) is 4.98 Å². The normalized spacial score (nSPS) is 11.1. The van der Waals surface area contributed by atoms with Crippen molar-refractivity contribution in [3.8, 4) is 5.75 Å². The Morgan fingerprint density at radius 1 is 1.09 bits per heavy atom. The molecule has 0 bridgehead atoms. The van der Waals surface area contributed by atoms with Crippen LogP contribution in [0.1, 0.15) is 16.8 Å². The molecule has 0 saturated carbocycles. The van der Waals surface area contributed by atoms with Crippen LogP contribution in [0.2, 0.25) is 0 Å². The fourth-order valence-electron chi connectivity index (χ4n) is 2.51. The Balaban J connectivity index is 1.92. The molecular weight excluding hydrogens is 286 g/mol. The number of nitrogens with one attached hydrogen (secondary N) is 1. The van der Waals surface area contributed by atoms with Crippen LogP contribution in [-0.2, 0) is 0 Å². The van der Waals surface area contributed by atoms with Crippen molar-refractivity contribution in [3.05, 3.63) is 65.4 Å². The molecule has 4 heteroatoms. The number of pyridine rings is 1. The Morgan fingerprint density at radius 2 is 1.91 bits per heavy atom. The first kappa shape index (κ1) is 15.0. The second-order valence-electron chi connectivity index (χ2n) is 5.44. The van der Waals surface area contributed by atoms with Crippen molar-refractivity contribution >= 4 is 22.8 Å². The zero-order valence-electron chi connectivity index (χ0n) is 13.5. The molecule has 0 aliphatic heterocycles. The lowest BCUT2D eigenvalue weighted by Gasteiger charge is -2.08. The number of methoxy groups -OCH3 is 1. The first-order valence-electron chi connectivity index (χ1n) is 7.47. The summed E-state index contributed by atoms with van der Waals surface area (Å²) in [5.74, 6) is 0.796. The van der Waals surface area contributed by atoms with E-state index >= 15 is 0 Å². The van der Waals surface area contributed by atoms with E-state index in [2.05, 4.69) is 34.6 Å². The summed E-state index contributed by atoms with van der Waals surface area (Å²) in [6, 6.07) is 16.0. The van der Waals surface area contributed by atoms with Crippen molar-refractivity contribution in [3.63, 3.8) is 0 Å². The molecule has 2 aromatic carbocycles. The maximum atomic E-state index is 5.32. The first-order valence-corrected chi connectivity index (χ1v) is 7.47. The number of anilines is 1. The molecule has 0 amide bonds. The standard InChI is InChI=1S/C19H19N3O/c1-13-8-9-17-16(10-13)18(11-14(2)21-17)22-20-12-15-6-4-5-7-19(15)23-3/h4-12H,1-3H3,(H,21,22)/b20-12+. The molecule has 3 aromatic rings. The van der Waals surface area contributed by atoms with Gasteiger partial charge >= 0.3 is 0 Å². The number of aryl methyl sites for hydroxylation is 2. The number of hydrogen-bond acceptors (Lipinski definition) is 4. The third-order valence-electron chi connectivity index (χ3n) is 3.62. The second-order valence-corrected chi connectivity index (χ2v) is 5.44. The van der Waals surface area contributed by atoms with E-state index in [-0.39, 0.29) is 0 Å². The summed E-state index contributed by atoms with van der Waals surface area (Å²) in [7, 11) is 1.66. The number of para-hydroxylation sites is 1. The van der Waals surface area contributed by atoms with Gasteiger partial charge < -0.3 is 4.74 Å². The number of hydrogen-bond donors (Lipinski definition) is 1. The number of benzene rings is 2. The van der Waals surface area contributed by atoms with Crippen LogP contribution in [-0.4, -0.2) is 18.3 Å². The minimum Gasteiger partial charge on any atom is -0.496 e. The molecule has 3 rings (SSSR count). The summed E-state index contributed by atoms with van der Waals surface area (Å²) in [6.07, 6.45) is 1.76. The molecule has 0 aliphatic carbocycles. The number of nitrogens with zero attached hydrogens (tertiary/aromatic N) is 2. The van der Waals surface area contributed by atoms with Crippen molar-refractivity contribution < 1.29 is 4.74 Å². The monoisotopic (exact) mass is 305 g/mol. The van der Waals surface area contributed by atoms with Crippen LogP contribution in [0.5, 0.6) is 5.75 Å². The topological polar surface area (TPSA) is 46.5 Å². The van der Waals surface area contributed by atoms with Gasteiger partial charge in [-0.05, 0) is 44.2 Å². The predicted molar refractivity (Wildman–Crippen MR) is 95.4 cm³/mol. The van der Waals surface area contributed by atoms with Gasteiger partial charge in [0.15, 0.2) is 0 Å². The van der Waals surface area contributed by atoms with E-state index < -0.39 is 0 Å². The van der Waals surface area contributed by atoms with Gasteiger partial charge in [0.2, 0.25) is 0 Å². The Morgan fingerprint density at radius 3 is 2.74 bits per heavy atom. The smallest absolute Gasteiger partial charge is 0.127 e. The summed E-state index contributed by atoms with van der Waals surface area (Å²) in [5, 5.41) is 5.42. The van der Waals surface area contributed by atoms with Gasteiger partial charge in [-0.3, -0.25) is 10.4 Å². The number of fused-ring (bicyclic) bond motifs is 1. The van der Waals surface area contributed by atoms with Crippen LogP contribution in [0.4, 0.5) is 5.69 Å². The van der Waals surface area contributed by atoms with Crippen molar-refractivity contribution in [2.45, 2.75) is 13.8 Å². The minimum atomic E-state index is 0.796. The van der Waals surface area contributed by atoms with Gasteiger partial charge in [0.25, 0.3) is 0 Å². The molecule has 0 radical (unpaired) electrons. The third kappa shape index (κ3) is 3.31. The third-order valence-corrected chi connectivity index (χ3v) is 3.62. The SMILES string of the molecule is COc1ccccc1/C=N/Nc1cc(C)nc2ccc(C)cc12. The first-order chi connectivity index (χ1) is 11.2. The van der Waals surface area contributed by atoms with Gasteiger partial charge in [-0.15, -0.1) is 0 Å². The van der Waals surface area contributed by atoms with E-state index in [1.54, 1.807) is 13.3 Å². The molecule has 116 valence electrons. The quantitative estimate of drug-likeness (QED) is 0.577. The van der Waals surface area contributed by atoms with E-state index in [9.17, 15) is 0 Å². The molecule has 0 spiro atoms. The number of hydrazone groups is 1. The molecule has 23 heavy (non-hydrogen) atoms. The van der Waals surface area contributed by atoms with Crippen LogP contribution < -0.4 is 10.2 Å². The summed E-state index contributed by atoms with van der Waals surface area (Å²) in [6.45, 7) is 4.05. The van der Waals surface area contributed by atoms with Gasteiger partial charge in [0.05, 0.1) is 24.5 Å². The largest absolute Gasteiger partial charge is 0.496 e. The fourth-order valence-corrected chi connectivity index (χ4v) is 2.51. The van der Waals surface area contributed by atoms with Crippen LogP contribution in [0, 0.1) is 13.8 Å². The maximum Gasteiger partial charge on any atom is 0.127 e. The maximum absolute atomic E-state index is 5.32. The van der Waals surface area contributed by atoms with Crippen molar-refractivity contribution in [2.24, 2.45) is 5.10 Å². The predicted octanol–water partition coefficient (Wildman–Crippen LogP) is 4.31. The van der Waals surface area contributed by atoms with Gasteiger partial charge in [-0.2, -0.15) is 5.10 Å². The lowest BCUT2D eigenvalue weighted by atomic mass is 10.1. The van der Waals surface area contributed by atoms with E-state index in [0.29, 0.717) is 0 Å². The summed E-state index contributed by atoms with van der Waals surface area (Å²) < 4.78 is 5.32. The lowest BCUT2D eigenvalue weighted by Crippen LogP contribution is -1.96. The van der Waals surface area contributed by atoms with Crippen LogP contribution >= 0.6 is 0 Å². The molecule has 4 nitrogen and oxygen atoms in total. The Labute approximate surface area is 135 Å². The van der Waals surface area contributed by atoms with E-state index in [1.165, 1.54) is 5.56 Å². The van der Waals surface area contributed by atoms with Crippen LogP contribution in [0.25, 0.3) is 10.9 Å². The van der Waals surface area contributed by atoms with Crippen molar-refractivity contribution in [1.29, 1.82) is 0 Å². The van der Waals surface area contributed by atoms with Gasteiger partial charge in [0, 0.05) is 16.6 Å². The highest BCUT2D eigenvalue weighted by Crippen LogP contribution is 2.24. The second kappa shape index (κ2) is 6.48. The zero-order valence-corrected chi connectivity index (χ0v) is 13.5. The van der Waals surface area contributed by atoms with Gasteiger partial charge in [0.1, 0.15) is 5.75 Å². The molecule has 0 unspecified atom stereocenters. The molecule has 0 atom stereocenters. The number of ether oxygens (including phenoxy) is 1. The number of rotatable bonds is 4. The highest BCUT2D eigenvalue weighted by Gasteiger charge is 2.04. The molecule has 0 saturated heterocycles. The average Bonchev–Trinajstić information content (AvgIpc) is 2.55. The fraction of sp³-hybridized carbons (Fsp3) is 0.158. The summed E-state index contributed by atoms with van der Waals surface area (Å²) in [5.41, 5.74) is 8.11. The Hall–Kier alpha value is -2.88. The van der Waals surface area contributed by atoms with Crippen molar-refractivity contribution in [2.75, 3.05) is 12.5 Å². The molecule has 1 heterocycles. The molecule has 0 fully saturated rings. The van der Waals surface area contributed by atoms with Crippen LogP contribution in [0.15, 0.2) is 53.6 Å². The van der Waals surface area contributed by atoms with E-state index in [4.69, 9.17) is 4.74 Å². The molecule has 0 aliphatic rings. The minimum absolute atomic E-state index is 0.796. The van der Waals surface area contributed by atoms with E-state index in [0.717, 1.165) is 33.6 Å². The van der Waals surface area contributed by atoms with Gasteiger partial charge in [-0.25, -0.2) is 0 Å². The Kier molecular flexibility index (Phi) is 4.24. The highest BCUT2D eigenvalue weighted by molar-refractivity contribution is 5.92. The summed E-state index contributed by atoms with van der Waals surface area (Å²) in [4.78, 5) is 4.56. The molecule has 1 N–H and O–H groups in total. The molecule has 1 aromatic heterocycles. The van der Waals surface area contributed by atoms with E-state index in [1.807, 2.05) is 43.3 Å². The lowest BCUT2D eigenvalue weighted by molar-refractivity contribution is 0.414. The number of aromatic nitrogens is 1.